The Morgan fingerprint density at radius 1 is 1.38 bits per heavy atom. The zero-order valence-corrected chi connectivity index (χ0v) is 9.31. The number of nitrogens with one attached hydrogen (secondary N) is 1. The van der Waals surface area contributed by atoms with Crippen LogP contribution in [0.2, 0.25) is 0 Å². The molecule has 0 saturated carbocycles. The lowest BCUT2D eigenvalue weighted by molar-refractivity contribution is -0.118. The first-order valence-electron chi connectivity index (χ1n) is 5.25. The number of carbonyl (C=O) groups excluding carboxylic acids is 1. The van der Waals surface area contributed by atoms with E-state index in [2.05, 4.69) is 10.5 Å². The van der Waals surface area contributed by atoms with Crippen molar-refractivity contribution in [1.29, 1.82) is 0 Å². The second kappa shape index (κ2) is 6.61. The van der Waals surface area contributed by atoms with E-state index in [0.717, 1.165) is 12.0 Å². The molecule has 86 valence electrons. The second-order valence-corrected chi connectivity index (χ2v) is 3.50. The average molecular weight is 220 g/mol. The number of rotatable bonds is 5. The number of carbonyl (C=O) groups is 1. The Morgan fingerprint density at radius 2 is 2.06 bits per heavy atom. The highest BCUT2D eigenvalue weighted by atomic mass is 16.4. The number of benzene rings is 1. The van der Waals surface area contributed by atoms with E-state index < -0.39 is 0 Å². The van der Waals surface area contributed by atoms with Crippen LogP contribution in [-0.2, 0) is 4.79 Å². The highest BCUT2D eigenvalue weighted by Crippen LogP contribution is 2.05. The molecule has 0 heterocycles. The van der Waals surface area contributed by atoms with Crippen LogP contribution in [-0.4, -0.2) is 23.4 Å². The van der Waals surface area contributed by atoms with Crippen molar-refractivity contribution < 1.29 is 10.0 Å². The van der Waals surface area contributed by atoms with Crippen LogP contribution in [0.3, 0.4) is 0 Å². The van der Waals surface area contributed by atoms with E-state index in [4.69, 9.17) is 5.21 Å². The second-order valence-electron chi connectivity index (χ2n) is 3.50. The Kier molecular flexibility index (Phi) is 5.05. The van der Waals surface area contributed by atoms with Crippen molar-refractivity contribution in [3.05, 3.63) is 35.9 Å². The molecule has 1 aromatic carbocycles. The molecule has 16 heavy (non-hydrogen) atoms. The molecule has 0 unspecified atom stereocenters. The molecule has 0 spiro atoms. The van der Waals surface area contributed by atoms with Crippen LogP contribution in [0.4, 0.5) is 0 Å². The minimum atomic E-state index is -0.0396. The Morgan fingerprint density at radius 3 is 2.62 bits per heavy atom. The van der Waals surface area contributed by atoms with Crippen LogP contribution in [0, 0.1) is 0 Å². The molecule has 1 rings (SSSR count). The molecule has 0 fully saturated rings. The fraction of sp³-hybridized carbons (Fsp3) is 0.333. The van der Waals surface area contributed by atoms with Crippen molar-refractivity contribution in [2.45, 2.75) is 19.8 Å². The van der Waals surface area contributed by atoms with Crippen LogP contribution < -0.4 is 5.32 Å². The lowest BCUT2D eigenvalue weighted by atomic mass is 10.1. The molecule has 0 bridgehead atoms. The molecule has 1 amide bonds. The zero-order valence-electron chi connectivity index (χ0n) is 9.31. The van der Waals surface area contributed by atoms with Gasteiger partial charge in [-0.15, -0.1) is 0 Å². The summed E-state index contributed by atoms with van der Waals surface area (Å²) in [5, 5.41) is 14.9. The van der Waals surface area contributed by atoms with Gasteiger partial charge in [-0.05, 0) is 18.4 Å². The van der Waals surface area contributed by atoms with Crippen LogP contribution >= 0.6 is 0 Å². The van der Waals surface area contributed by atoms with Crippen molar-refractivity contribution in [3.8, 4) is 0 Å². The van der Waals surface area contributed by atoms with Crippen LogP contribution in [0.5, 0.6) is 0 Å². The van der Waals surface area contributed by atoms with Crippen LogP contribution in [0.25, 0.3) is 0 Å². The monoisotopic (exact) mass is 220 g/mol. The highest BCUT2D eigenvalue weighted by Gasteiger charge is 2.03. The molecule has 0 aliphatic heterocycles. The molecule has 2 N–H and O–H groups in total. The van der Waals surface area contributed by atoms with Crippen molar-refractivity contribution >= 4 is 11.6 Å². The quantitative estimate of drug-likeness (QED) is 0.344. The van der Waals surface area contributed by atoms with Gasteiger partial charge in [0.2, 0.25) is 5.91 Å². The molecule has 0 saturated heterocycles. The summed E-state index contributed by atoms with van der Waals surface area (Å²) in [6, 6.07) is 9.50. The summed E-state index contributed by atoms with van der Waals surface area (Å²) in [4.78, 5) is 10.6. The SMILES string of the molecule is CC(=O)NCCC/C(=N/O)c1ccccc1. The smallest absolute Gasteiger partial charge is 0.216 e. The lowest BCUT2D eigenvalue weighted by Crippen LogP contribution is -2.21. The topological polar surface area (TPSA) is 61.7 Å². The summed E-state index contributed by atoms with van der Waals surface area (Å²) >= 11 is 0. The molecule has 4 nitrogen and oxygen atoms in total. The predicted octanol–water partition coefficient (Wildman–Crippen LogP) is 1.78. The normalized spacial score (nSPS) is 11.2. The first-order chi connectivity index (χ1) is 7.74. The largest absolute Gasteiger partial charge is 0.411 e. The van der Waals surface area contributed by atoms with Crippen molar-refractivity contribution in [3.63, 3.8) is 0 Å². The van der Waals surface area contributed by atoms with E-state index in [9.17, 15) is 4.79 Å². The van der Waals surface area contributed by atoms with E-state index in [-0.39, 0.29) is 5.91 Å². The van der Waals surface area contributed by atoms with Gasteiger partial charge in [0.1, 0.15) is 0 Å². The fourth-order valence-electron chi connectivity index (χ4n) is 1.40. The van der Waals surface area contributed by atoms with Gasteiger partial charge < -0.3 is 10.5 Å². The van der Waals surface area contributed by atoms with Crippen molar-refractivity contribution in [2.75, 3.05) is 6.54 Å². The molecule has 0 atom stereocenters. The highest BCUT2D eigenvalue weighted by molar-refractivity contribution is 6.00. The maximum atomic E-state index is 10.6. The summed E-state index contributed by atoms with van der Waals surface area (Å²) in [6.07, 6.45) is 1.40. The number of oxime groups is 1. The van der Waals surface area contributed by atoms with Gasteiger partial charge in [-0.25, -0.2) is 0 Å². The Hall–Kier alpha value is -1.84. The lowest BCUT2D eigenvalue weighted by Gasteiger charge is -2.04. The van der Waals surface area contributed by atoms with Gasteiger partial charge in [0.25, 0.3) is 0 Å². The Balaban J connectivity index is 2.43. The average Bonchev–Trinajstić information content (AvgIpc) is 2.30. The third kappa shape index (κ3) is 4.13. The summed E-state index contributed by atoms with van der Waals surface area (Å²) in [5.74, 6) is -0.0396. The van der Waals surface area contributed by atoms with Crippen molar-refractivity contribution in [2.24, 2.45) is 5.16 Å². The minimum absolute atomic E-state index is 0.0396. The van der Waals surface area contributed by atoms with E-state index in [1.54, 1.807) is 0 Å². The van der Waals surface area contributed by atoms with E-state index in [1.807, 2.05) is 30.3 Å². The zero-order chi connectivity index (χ0) is 11.8. The van der Waals surface area contributed by atoms with Gasteiger partial charge in [0, 0.05) is 13.5 Å². The van der Waals surface area contributed by atoms with E-state index >= 15 is 0 Å². The fourth-order valence-corrected chi connectivity index (χ4v) is 1.40. The molecule has 1 aromatic rings. The first kappa shape index (κ1) is 12.2. The van der Waals surface area contributed by atoms with E-state index in [0.29, 0.717) is 18.7 Å². The van der Waals surface area contributed by atoms with Gasteiger partial charge in [-0.3, -0.25) is 4.79 Å². The molecule has 4 heteroatoms. The van der Waals surface area contributed by atoms with Gasteiger partial charge in [0.15, 0.2) is 0 Å². The van der Waals surface area contributed by atoms with Gasteiger partial charge in [0.05, 0.1) is 5.71 Å². The number of nitrogens with zero attached hydrogens (tertiary/aromatic N) is 1. The van der Waals surface area contributed by atoms with Gasteiger partial charge >= 0.3 is 0 Å². The number of amides is 1. The number of hydrogen-bond acceptors (Lipinski definition) is 3. The molecule has 0 aliphatic carbocycles. The third-order valence-corrected chi connectivity index (χ3v) is 2.19. The Bertz CT molecular complexity index is 361. The molecular formula is C12H16N2O2. The van der Waals surface area contributed by atoms with Gasteiger partial charge in [-0.1, -0.05) is 35.5 Å². The number of hydrogen-bond donors (Lipinski definition) is 2. The summed E-state index contributed by atoms with van der Waals surface area (Å²) < 4.78 is 0. The predicted molar refractivity (Wildman–Crippen MR) is 62.7 cm³/mol. The van der Waals surface area contributed by atoms with E-state index in [1.165, 1.54) is 6.92 Å². The molecule has 0 aliphatic rings. The Labute approximate surface area is 95.0 Å². The first-order valence-corrected chi connectivity index (χ1v) is 5.25. The summed E-state index contributed by atoms with van der Waals surface area (Å²) in [5.41, 5.74) is 1.55. The van der Waals surface area contributed by atoms with Crippen LogP contribution in [0.15, 0.2) is 35.5 Å². The molecule has 0 radical (unpaired) electrons. The molecular weight excluding hydrogens is 204 g/mol. The van der Waals surface area contributed by atoms with Crippen molar-refractivity contribution in [1.82, 2.24) is 5.32 Å². The minimum Gasteiger partial charge on any atom is -0.411 e. The van der Waals surface area contributed by atoms with Gasteiger partial charge in [-0.2, -0.15) is 0 Å². The maximum absolute atomic E-state index is 10.6. The standard InChI is InChI=1S/C12H16N2O2/c1-10(15)13-9-5-8-12(14-16)11-6-3-2-4-7-11/h2-4,6-7,16H,5,8-9H2,1H3,(H,13,15)/b14-12-. The third-order valence-electron chi connectivity index (χ3n) is 2.19. The summed E-state index contributed by atoms with van der Waals surface area (Å²) in [7, 11) is 0. The van der Waals surface area contributed by atoms with Crippen LogP contribution in [0.1, 0.15) is 25.3 Å². The molecule has 0 aromatic heterocycles. The maximum Gasteiger partial charge on any atom is 0.216 e. The summed E-state index contributed by atoms with van der Waals surface area (Å²) in [6.45, 7) is 2.08.